The molecule has 0 fully saturated rings. The maximum absolute atomic E-state index is 11.5. The highest BCUT2D eigenvalue weighted by Crippen LogP contribution is 1.96. The Balaban J connectivity index is 2.29. The van der Waals surface area contributed by atoms with Crippen LogP contribution in [-0.4, -0.2) is 21.9 Å². The summed E-state index contributed by atoms with van der Waals surface area (Å²) in [6, 6.07) is 3.53. The van der Waals surface area contributed by atoms with Crippen molar-refractivity contribution in [2.45, 2.75) is 12.8 Å². The molecule has 3 nitrogen and oxygen atoms in total. The van der Waals surface area contributed by atoms with Gasteiger partial charge < -0.3 is 5.32 Å². The summed E-state index contributed by atoms with van der Waals surface area (Å²) in [5, 5.41) is 2.85. The third kappa shape index (κ3) is 4.04. The monoisotopic (exact) mass is 304 g/mol. The van der Waals surface area contributed by atoms with Gasteiger partial charge in [-0.25, -0.2) is 0 Å². The zero-order valence-electron chi connectivity index (χ0n) is 7.87. The van der Waals surface area contributed by atoms with Crippen molar-refractivity contribution < 1.29 is 4.79 Å². The molecule has 0 saturated heterocycles. The van der Waals surface area contributed by atoms with Crippen molar-refractivity contribution >= 4 is 28.5 Å². The van der Waals surface area contributed by atoms with Crippen molar-refractivity contribution in [3.63, 3.8) is 0 Å². The van der Waals surface area contributed by atoms with Crippen molar-refractivity contribution in [2.75, 3.05) is 11.0 Å². The summed E-state index contributed by atoms with van der Waals surface area (Å²) in [7, 11) is 0. The lowest BCUT2D eigenvalue weighted by molar-refractivity contribution is 0.0953. The molecule has 0 aliphatic carbocycles. The molecule has 0 aliphatic rings. The van der Waals surface area contributed by atoms with Crippen molar-refractivity contribution in [3.05, 3.63) is 30.1 Å². The lowest BCUT2D eigenvalue weighted by atomic mass is 10.2. The second-order valence-corrected chi connectivity index (χ2v) is 3.97. The summed E-state index contributed by atoms with van der Waals surface area (Å²) < 4.78 is 1.14. The lowest BCUT2D eigenvalue weighted by Crippen LogP contribution is -2.24. The number of alkyl halides is 1. The second kappa shape index (κ2) is 6.75. The Morgan fingerprint density at radius 1 is 1.50 bits per heavy atom. The van der Waals surface area contributed by atoms with Crippen LogP contribution in [-0.2, 0) is 0 Å². The Kier molecular flexibility index (Phi) is 5.51. The van der Waals surface area contributed by atoms with Crippen molar-refractivity contribution in [3.8, 4) is 0 Å². The van der Waals surface area contributed by atoms with Gasteiger partial charge in [0.1, 0.15) is 0 Å². The van der Waals surface area contributed by atoms with Crippen LogP contribution in [0.25, 0.3) is 0 Å². The Morgan fingerprint density at radius 3 is 3.00 bits per heavy atom. The summed E-state index contributed by atoms with van der Waals surface area (Å²) in [6.45, 7) is 0.747. The number of rotatable bonds is 5. The molecule has 1 heterocycles. The topological polar surface area (TPSA) is 42.0 Å². The number of nitrogens with one attached hydrogen (secondary N) is 1. The minimum absolute atomic E-state index is 0.0356. The van der Waals surface area contributed by atoms with Crippen molar-refractivity contribution in [1.29, 1.82) is 0 Å². The molecule has 0 unspecified atom stereocenters. The van der Waals surface area contributed by atoms with E-state index in [0.717, 1.165) is 23.8 Å². The van der Waals surface area contributed by atoms with E-state index in [-0.39, 0.29) is 5.91 Å². The quantitative estimate of drug-likeness (QED) is 0.514. The summed E-state index contributed by atoms with van der Waals surface area (Å²) in [5.74, 6) is -0.0356. The molecule has 0 radical (unpaired) electrons. The van der Waals surface area contributed by atoms with Crippen LogP contribution in [0.4, 0.5) is 0 Å². The highest BCUT2D eigenvalue weighted by molar-refractivity contribution is 14.1. The molecule has 1 N–H and O–H groups in total. The molecule has 0 aliphatic heterocycles. The summed E-state index contributed by atoms with van der Waals surface area (Å²) in [4.78, 5) is 15.3. The number of carbonyl (C=O) groups is 1. The molecule has 1 aromatic heterocycles. The number of pyridine rings is 1. The fourth-order valence-corrected chi connectivity index (χ4v) is 1.56. The standard InChI is InChI=1S/C10H13IN2O/c11-5-1-2-7-13-10(14)9-4-3-6-12-8-9/h3-4,6,8H,1-2,5,7H2,(H,13,14). The number of aromatic nitrogens is 1. The zero-order valence-corrected chi connectivity index (χ0v) is 10.0. The number of halogens is 1. The fraction of sp³-hybridized carbons (Fsp3) is 0.400. The molecule has 14 heavy (non-hydrogen) atoms. The third-order valence-corrected chi connectivity index (χ3v) is 2.53. The molecule has 0 saturated carbocycles. The number of nitrogens with zero attached hydrogens (tertiary/aromatic N) is 1. The summed E-state index contributed by atoms with van der Waals surface area (Å²) in [5.41, 5.74) is 0.627. The zero-order chi connectivity index (χ0) is 10.2. The molecule has 1 aromatic rings. The minimum atomic E-state index is -0.0356. The average molecular weight is 304 g/mol. The molecule has 76 valence electrons. The molecule has 0 spiro atoms. The van der Waals surface area contributed by atoms with Gasteiger partial charge in [-0.3, -0.25) is 9.78 Å². The molecule has 0 bridgehead atoms. The summed E-state index contributed by atoms with van der Waals surface area (Å²) in [6.07, 6.45) is 5.42. The van der Waals surface area contributed by atoms with E-state index in [1.54, 1.807) is 24.5 Å². The van der Waals surface area contributed by atoms with Gasteiger partial charge in [-0.2, -0.15) is 0 Å². The van der Waals surface area contributed by atoms with Crippen LogP contribution in [0.5, 0.6) is 0 Å². The van der Waals surface area contributed by atoms with Crippen LogP contribution in [0, 0.1) is 0 Å². The van der Waals surface area contributed by atoms with Crippen molar-refractivity contribution in [1.82, 2.24) is 10.3 Å². The first-order valence-electron chi connectivity index (χ1n) is 4.59. The van der Waals surface area contributed by atoms with Gasteiger partial charge in [0.15, 0.2) is 0 Å². The van der Waals surface area contributed by atoms with Crippen LogP contribution in [0.1, 0.15) is 23.2 Å². The van der Waals surface area contributed by atoms with E-state index in [1.165, 1.54) is 0 Å². The first-order valence-corrected chi connectivity index (χ1v) is 6.11. The van der Waals surface area contributed by atoms with Crippen LogP contribution < -0.4 is 5.32 Å². The first-order chi connectivity index (χ1) is 6.84. The highest BCUT2D eigenvalue weighted by Gasteiger charge is 2.02. The highest BCUT2D eigenvalue weighted by atomic mass is 127. The normalized spacial score (nSPS) is 9.79. The van der Waals surface area contributed by atoms with Crippen LogP contribution in [0.15, 0.2) is 24.5 Å². The van der Waals surface area contributed by atoms with Gasteiger partial charge in [-0.15, -0.1) is 0 Å². The number of hydrogen-bond acceptors (Lipinski definition) is 2. The smallest absolute Gasteiger partial charge is 0.252 e. The van der Waals surface area contributed by atoms with E-state index < -0.39 is 0 Å². The third-order valence-electron chi connectivity index (χ3n) is 1.77. The van der Waals surface area contributed by atoms with Gasteiger partial charge in [-0.05, 0) is 29.4 Å². The lowest BCUT2D eigenvalue weighted by Gasteiger charge is -2.03. The van der Waals surface area contributed by atoms with Crippen LogP contribution in [0.3, 0.4) is 0 Å². The van der Waals surface area contributed by atoms with Gasteiger partial charge in [0.2, 0.25) is 0 Å². The van der Waals surface area contributed by atoms with Crippen LogP contribution in [0.2, 0.25) is 0 Å². The van der Waals surface area contributed by atoms with E-state index in [2.05, 4.69) is 32.9 Å². The Bertz CT molecular complexity index is 277. The van der Waals surface area contributed by atoms with E-state index in [4.69, 9.17) is 0 Å². The first kappa shape index (κ1) is 11.4. The molecule has 0 atom stereocenters. The maximum Gasteiger partial charge on any atom is 0.252 e. The minimum Gasteiger partial charge on any atom is -0.352 e. The predicted molar refractivity (Wildman–Crippen MR) is 64.7 cm³/mol. The molecular weight excluding hydrogens is 291 g/mol. The summed E-state index contributed by atoms with van der Waals surface area (Å²) >= 11 is 2.33. The molecule has 0 aromatic carbocycles. The Hall–Kier alpha value is -0.650. The van der Waals surface area contributed by atoms with E-state index in [9.17, 15) is 4.79 Å². The predicted octanol–water partition coefficient (Wildman–Crippen LogP) is 2.03. The maximum atomic E-state index is 11.5. The number of hydrogen-bond donors (Lipinski definition) is 1. The second-order valence-electron chi connectivity index (χ2n) is 2.89. The van der Waals surface area contributed by atoms with E-state index in [0.29, 0.717) is 5.56 Å². The van der Waals surface area contributed by atoms with Gasteiger partial charge >= 0.3 is 0 Å². The van der Waals surface area contributed by atoms with Gasteiger partial charge in [-0.1, -0.05) is 22.6 Å². The largest absolute Gasteiger partial charge is 0.352 e. The van der Waals surface area contributed by atoms with Gasteiger partial charge in [0.05, 0.1) is 5.56 Å². The van der Waals surface area contributed by atoms with E-state index in [1.807, 2.05) is 0 Å². The Morgan fingerprint density at radius 2 is 2.36 bits per heavy atom. The van der Waals surface area contributed by atoms with E-state index >= 15 is 0 Å². The molecule has 4 heteroatoms. The molecule has 1 rings (SSSR count). The fourth-order valence-electron chi connectivity index (χ4n) is 1.02. The average Bonchev–Trinajstić information content (AvgIpc) is 2.25. The van der Waals surface area contributed by atoms with Crippen molar-refractivity contribution in [2.24, 2.45) is 0 Å². The van der Waals surface area contributed by atoms with Gasteiger partial charge in [0.25, 0.3) is 5.91 Å². The Labute approximate surface area is 97.4 Å². The SMILES string of the molecule is O=C(NCCCCI)c1cccnc1. The number of carbonyl (C=O) groups excluding carboxylic acids is 1. The number of amides is 1. The number of unbranched alkanes of at least 4 members (excludes halogenated alkanes) is 1. The molecular formula is C10H13IN2O. The molecule has 1 amide bonds. The van der Waals surface area contributed by atoms with Gasteiger partial charge in [0, 0.05) is 18.9 Å². The van der Waals surface area contributed by atoms with Crippen LogP contribution >= 0.6 is 22.6 Å².